The van der Waals surface area contributed by atoms with E-state index in [0.717, 1.165) is 12.0 Å². The van der Waals surface area contributed by atoms with E-state index in [1.54, 1.807) is 29.6 Å². The fourth-order valence-electron chi connectivity index (χ4n) is 3.36. The van der Waals surface area contributed by atoms with Crippen LogP contribution < -0.4 is 10.6 Å². The molecule has 0 saturated heterocycles. The summed E-state index contributed by atoms with van der Waals surface area (Å²) >= 11 is 1.30. The normalized spacial score (nSPS) is 12.1. The molecule has 34 heavy (non-hydrogen) atoms. The van der Waals surface area contributed by atoms with Crippen LogP contribution in [0.25, 0.3) is 0 Å². The van der Waals surface area contributed by atoms with Crippen LogP contribution in [0, 0.1) is 6.92 Å². The second-order valence-electron chi connectivity index (χ2n) is 8.80. The minimum Gasteiger partial charge on any atom is -0.467 e. The van der Waals surface area contributed by atoms with Gasteiger partial charge >= 0.3 is 0 Å². The topological polar surface area (TPSA) is 91.7 Å². The molecule has 2 N–H and O–H groups in total. The lowest BCUT2D eigenvalue weighted by molar-refractivity contribution is -0.141. The third-order valence-electron chi connectivity index (χ3n) is 5.67. The molecule has 0 fully saturated rings. The van der Waals surface area contributed by atoms with Gasteiger partial charge in [-0.1, -0.05) is 42.8 Å². The average Bonchev–Trinajstić information content (AvgIpc) is 3.52. The fourth-order valence-corrected chi connectivity index (χ4v) is 4.00. The molecule has 2 aromatic heterocycles. The Bertz CT molecular complexity index is 1090. The number of hydrogen-bond donors (Lipinski definition) is 2. The Morgan fingerprint density at radius 2 is 1.82 bits per heavy atom. The molecule has 0 spiro atoms. The summed E-state index contributed by atoms with van der Waals surface area (Å²) in [5.74, 6) is -0.473. The molecule has 3 aromatic rings. The van der Waals surface area contributed by atoms with Crippen molar-refractivity contribution in [1.82, 2.24) is 15.5 Å². The number of thiophene rings is 1. The van der Waals surface area contributed by atoms with Gasteiger partial charge in [0.2, 0.25) is 11.8 Å². The highest BCUT2D eigenvalue weighted by molar-refractivity contribution is 7.12. The van der Waals surface area contributed by atoms with Gasteiger partial charge in [0.15, 0.2) is 0 Å². The van der Waals surface area contributed by atoms with E-state index >= 15 is 0 Å². The Balaban J connectivity index is 1.93. The zero-order valence-electron chi connectivity index (χ0n) is 20.0. The molecule has 0 aliphatic rings. The predicted octanol–water partition coefficient (Wildman–Crippen LogP) is 4.45. The summed E-state index contributed by atoms with van der Waals surface area (Å²) in [4.78, 5) is 41.4. The number of carbonyl (C=O) groups is 3. The highest BCUT2D eigenvalue weighted by Crippen LogP contribution is 2.26. The van der Waals surface area contributed by atoms with E-state index < -0.39 is 17.5 Å². The van der Waals surface area contributed by atoms with Crippen molar-refractivity contribution >= 4 is 29.1 Å². The monoisotopic (exact) mass is 481 g/mol. The lowest BCUT2D eigenvalue weighted by atomic mass is 9.98. The van der Waals surface area contributed by atoms with Crippen LogP contribution in [-0.4, -0.2) is 34.7 Å². The van der Waals surface area contributed by atoms with Gasteiger partial charge in [-0.25, -0.2) is 0 Å². The molecule has 0 bridgehead atoms. The van der Waals surface area contributed by atoms with Crippen molar-refractivity contribution in [3.63, 3.8) is 0 Å². The zero-order valence-corrected chi connectivity index (χ0v) is 20.8. The van der Waals surface area contributed by atoms with Crippen molar-refractivity contribution < 1.29 is 18.8 Å². The second-order valence-corrected chi connectivity index (χ2v) is 9.75. The predicted molar refractivity (Wildman–Crippen MR) is 132 cm³/mol. The summed E-state index contributed by atoms with van der Waals surface area (Å²) in [6.45, 7) is 7.68. The summed E-state index contributed by atoms with van der Waals surface area (Å²) < 4.78 is 5.49. The summed E-state index contributed by atoms with van der Waals surface area (Å²) in [5.41, 5.74) is 1.27. The smallest absolute Gasteiger partial charge is 0.261 e. The van der Waals surface area contributed by atoms with Crippen molar-refractivity contribution in [3.05, 3.63) is 81.9 Å². The van der Waals surface area contributed by atoms with Crippen molar-refractivity contribution in [2.75, 3.05) is 6.54 Å². The van der Waals surface area contributed by atoms with Crippen LogP contribution in [0.15, 0.2) is 64.6 Å². The van der Waals surface area contributed by atoms with Crippen molar-refractivity contribution in [3.8, 4) is 0 Å². The number of hydrogen-bond acceptors (Lipinski definition) is 5. The summed E-state index contributed by atoms with van der Waals surface area (Å²) in [6.07, 6.45) is 2.25. The SMILES string of the molecule is CCC(C)(C)NC(=O)[C@@H](c1ccc(C)cc1)N(Cc1ccco1)C(=O)CNC(=O)c1cccs1. The molecule has 1 atom stereocenters. The number of amides is 3. The number of rotatable bonds is 10. The first-order chi connectivity index (χ1) is 16.2. The first kappa shape index (κ1) is 25.2. The Hall–Kier alpha value is -3.39. The molecule has 180 valence electrons. The van der Waals surface area contributed by atoms with Crippen molar-refractivity contribution in [2.24, 2.45) is 0 Å². The van der Waals surface area contributed by atoms with Crippen LogP contribution in [0.1, 0.15) is 59.8 Å². The van der Waals surface area contributed by atoms with Gasteiger partial charge < -0.3 is 20.0 Å². The number of carbonyl (C=O) groups excluding carboxylic acids is 3. The van der Waals surface area contributed by atoms with E-state index in [0.29, 0.717) is 16.2 Å². The summed E-state index contributed by atoms with van der Waals surface area (Å²) in [5, 5.41) is 7.55. The van der Waals surface area contributed by atoms with E-state index in [-0.39, 0.29) is 24.9 Å². The van der Waals surface area contributed by atoms with Gasteiger partial charge in [0.25, 0.3) is 5.91 Å². The zero-order chi connectivity index (χ0) is 24.7. The lowest BCUT2D eigenvalue weighted by Gasteiger charge is -2.34. The molecule has 1 aromatic carbocycles. The van der Waals surface area contributed by atoms with Crippen LogP contribution in [0.2, 0.25) is 0 Å². The molecule has 3 rings (SSSR count). The third-order valence-corrected chi connectivity index (χ3v) is 6.54. The second kappa shape index (κ2) is 11.2. The van der Waals surface area contributed by atoms with Crippen LogP contribution in [0.3, 0.4) is 0 Å². The minimum absolute atomic E-state index is 0.0826. The molecular weight excluding hydrogens is 450 g/mol. The van der Waals surface area contributed by atoms with Gasteiger partial charge in [-0.2, -0.15) is 0 Å². The highest BCUT2D eigenvalue weighted by atomic mass is 32.1. The molecular formula is C26H31N3O4S. The van der Waals surface area contributed by atoms with E-state index in [9.17, 15) is 14.4 Å². The van der Waals surface area contributed by atoms with E-state index in [2.05, 4.69) is 10.6 Å². The molecule has 8 heteroatoms. The van der Waals surface area contributed by atoms with E-state index in [4.69, 9.17) is 4.42 Å². The molecule has 7 nitrogen and oxygen atoms in total. The maximum Gasteiger partial charge on any atom is 0.261 e. The van der Waals surface area contributed by atoms with Crippen molar-refractivity contribution in [2.45, 2.75) is 52.2 Å². The number of nitrogens with one attached hydrogen (secondary N) is 2. The Kier molecular flexibility index (Phi) is 8.28. The van der Waals surface area contributed by atoms with Gasteiger partial charge in [-0.05, 0) is 56.3 Å². The van der Waals surface area contributed by atoms with Crippen LogP contribution >= 0.6 is 11.3 Å². The maximum absolute atomic E-state index is 13.6. The lowest BCUT2D eigenvalue weighted by Crippen LogP contribution is -2.51. The molecule has 0 unspecified atom stereocenters. The fraction of sp³-hybridized carbons (Fsp3) is 0.346. The Morgan fingerprint density at radius 3 is 2.41 bits per heavy atom. The number of aryl methyl sites for hydroxylation is 1. The molecule has 0 aliphatic heterocycles. The average molecular weight is 482 g/mol. The number of nitrogens with zero attached hydrogens (tertiary/aromatic N) is 1. The van der Waals surface area contributed by atoms with Crippen LogP contribution in [-0.2, 0) is 16.1 Å². The van der Waals surface area contributed by atoms with Gasteiger partial charge in [-0.15, -0.1) is 11.3 Å². The first-order valence-corrected chi connectivity index (χ1v) is 12.1. The van der Waals surface area contributed by atoms with Gasteiger partial charge in [0, 0.05) is 5.54 Å². The third kappa shape index (κ3) is 6.57. The van der Waals surface area contributed by atoms with Crippen LogP contribution in [0.4, 0.5) is 0 Å². The van der Waals surface area contributed by atoms with E-state index in [1.807, 2.05) is 52.0 Å². The summed E-state index contributed by atoms with van der Waals surface area (Å²) in [7, 11) is 0. The molecule has 2 heterocycles. The quantitative estimate of drug-likeness (QED) is 0.447. The van der Waals surface area contributed by atoms with Gasteiger partial charge in [-0.3, -0.25) is 14.4 Å². The first-order valence-electron chi connectivity index (χ1n) is 11.2. The van der Waals surface area contributed by atoms with Crippen LogP contribution in [0.5, 0.6) is 0 Å². The standard InChI is InChI=1S/C26H31N3O4S/c1-5-26(3,4)28-25(32)23(19-12-10-18(2)11-13-19)29(17-20-8-6-14-33-20)22(30)16-27-24(31)21-9-7-15-34-21/h6-15,23H,5,16-17H2,1-4H3,(H,27,31)(H,28,32)/t23-/m1/s1. The maximum atomic E-state index is 13.6. The van der Waals surface area contributed by atoms with Gasteiger partial charge in [0.1, 0.15) is 11.8 Å². The molecule has 0 radical (unpaired) electrons. The molecule has 0 aliphatic carbocycles. The van der Waals surface area contributed by atoms with Gasteiger partial charge in [0.05, 0.1) is 24.2 Å². The van der Waals surface area contributed by atoms with E-state index in [1.165, 1.54) is 22.5 Å². The number of furan rings is 1. The van der Waals surface area contributed by atoms with Crippen molar-refractivity contribution in [1.29, 1.82) is 0 Å². The minimum atomic E-state index is -0.900. The largest absolute Gasteiger partial charge is 0.467 e. The number of benzene rings is 1. The highest BCUT2D eigenvalue weighted by Gasteiger charge is 2.34. The summed E-state index contributed by atoms with van der Waals surface area (Å²) in [6, 6.07) is 13.6. The Morgan fingerprint density at radius 1 is 1.09 bits per heavy atom. The molecule has 0 saturated carbocycles. The Labute approximate surface area is 204 Å². The molecule has 3 amide bonds.